The number of para-hydroxylation sites is 1. The molecule has 0 spiro atoms. The highest BCUT2D eigenvalue weighted by Gasteiger charge is 2.21. The van der Waals surface area contributed by atoms with E-state index in [1.807, 2.05) is 0 Å². The number of carbonyl (C=O) groups excluding carboxylic acids is 1. The number of nitrogen functional groups attached to an aromatic ring is 1. The zero-order valence-electron chi connectivity index (χ0n) is 11.8. The van der Waals surface area contributed by atoms with Crippen molar-refractivity contribution in [2.75, 3.05) is 18.9 Å². The Morgan fingerprint density at radius 3 is 3.05 bits per heavy atom. The lowest BCUT2D eigenvalue weighted by Gasteiger charge is -2.10. The van der Waals surface area contributed by atoms with Gasteiger partial charge in [-0.05, 0) is 25.0 Å². The van der Waals surface area contributed by atoms with Crippen LogP contribution in [0, 0.1) is 0 Å². The van der Waals surface area contributed by atoms with Crippen LogP contribution in [0.15, 0.2) is 24.3 Å². The normalized spacial score (nSPS) is 17.6. The van der Waals surface area contributed by atoms with Gasteiger partial charge in [-0.15, -0.1) is 5.10 Å². The molecule has 1 atom stereocenters. The van der Waals surface area contributed by atoms with E-state index in [4.69, 9.17) is 22.1 Å². The summed E-state index contributed by atoms with van der Waals surface area (Å²) < 4.78 is 6.81. The van der Waals surface area contributed by atoms with E-state index in [0.29, 0.717) is 17.3 Å². The molecule has 1 amide bonds. The molecule has 2 aromatic rings. The third kappa shape index (κ3) is 2.90. The van der Waals surface area contributed by atoms with Crippen LogP contribution < -0.4 is 11.1 Å². The lowest BCUT2D eigenvalue weighted by Crippen LogP contribution is -2.32. The maximum atomic E-state index is 12.2. The van der Waals surface area contributed by atoms with Crippen LogP contribution in [0.5, 0.6) is 0 Å². The molecule has 3 rings (SSSR count). The van der Waals surface area contributed by atoms with Crippen molar-refractivity contribution in [1.82, 2.24) is 20.3 Å². The first-order valence-electron chi connectivity index (χ1n) is 7.02. The minimum Gasteiger partial charge on any atom is -0.382 e. The van der Waals surface area contributed by atoms with Crippen molar-refractivity contribution in [3.63, 3.8) is 0 Å². The second kappa shape index (κ2) is 6.33. The van der Waals surface area contributed by atoms with Crippen LogP contribution in [0.3, 0.4) is 0 Å². The molecule has 1 aliphatic heterocycles. The maximum Gasteiger partial charge on any atom is 0.275 e. The van der Waals surface area contributed by atoms with Gasteiger partial charge in [0.05, 0.1) is 16.8 Å². The number of aromatic nitrogens is 3. The number of nitrogens with one attached hydrogen (secondary N) is 1. The van der Waals surface area contributed by atoms with Gasteiger partial charge in [-0.1, -0.05) is 28.9 Å². The standard InChI is InChI=1S/C14H16ClN5O2/c15-10-5-1-2-6-11(10)20-13(16)12(18-19-20)14(21)17-8-9-4-3-7-22-9/h1-2,5-6,9H,3-4,7-8,16H2,(H,17,21)/t9-/m0/s1. The summed E-state index contributed by atoms with van der Waals surface area (Å²) in [7, 11) is 0. The monoisotopic (exact) mass is 321 g/mol. The van der Waals surface area contributed by atoms with Crippen molar-refractivity contribution in [2.45, 2.75) is 18.9 Å². The van der Waals surface area contributed by atoms with Gasteiger partial charge in [-0.25, -0.2) is 0 Å². The molecule has 3 N–H and O–H groups in total. The first-order valence-corrected chi connectivity index (χ1v) is 7.40. The van der Waals surface area contributed by atoms with E-state index < -0.39 is 0 Å². The van der Waals surface area contributed by atoms with Gasteiger partial charge in [0.2, 0.25) is 0 Å². The Labute approximate surface area is 132 Å². The Hall–Kier alpha value is -2.12. The van der Waals surface area contributed by atoms with Crippen LogP contribution in [-0.2, 0) is 4.74 Å². The van der Waals surface area contributed by atoms with Crippen LogP contribution >= 0.6 is 11.6 Å². The molecule has 8 heteroatoms. The Kier molecular flexibility index (Phi) is 4.26. The smallest absolute Gasteiger partial charge is 0.275 e. The minimum absolute atomic E-state index is 0.0591. The highest BCUT2D eigenvalue weighted by atomic mass is 35.5. The number of hydrogen-bond acceptors (Lipinski definition) is 5. The summed E-state index contributed by atoms with van der Waals surface area (Å²) in [4.78, 5) is 12.2. The average molecular weight is 322 g/mol. The SMILES string of the molecule is Nc1c(C(=O)NC[C@@H]2CCCO2)nnn1-c1ccccc1Cl. The number of nitrogens with zero attached hydrogens (tertiary/aromatic N) is 3. The van der Waals surface area contributed by atoms with E-state index in [9.17, 15) is 4.79 Å². The molecule has 0 unspecified atom stereocenters. The Morgan fingerprint density at radius 2 is 2.32 bits per heavy atom. The van der Waals surface area contributed by atoms with Crippen molar-refractivity contribution >= 4 is 23.3 Å². The van der Waals surface area contributed by atoms with Gasteiger partial charge in [-0.2, -0.15) is 4.68 Å². The molecule has 0 radical (unpaired) electrons. The van der Waals surface area contributed by atoms with Crippen LogP contribution in [0.1, 0.15) is 23.3 Å². The molecule has 1 saturated heterocycles. The fraction of sp³-hybridized carbons (Fsp3) is 0.357. The molecule has 7 nitrogen and oxygen atoms in total. The molecule has 116 valence electrons. The molecule has 0 bridgehead atoms. The third-order valence-electron chi connectivity index (χ3n) is 3.51. The molecule has 1 aromatic carbocycles. The predicted molar refractivity (Wildman–Crippen MR) is 82.1 cm³/mol. The van der Waals surface area contributed by atoms with Gasteiger partial charge < -0.3 is 15.8 Å². The van der Waals surface area contributed by atoms with Gasteiger partial charge in [0, 0.05) is 13.2 Å². The summed E-state index contributed by atoms with van der Waals surface area (Å²) >= 11 is 6.11. The van der Waals surface area contributed by atoms with Crippen LogP contribution in [0.2, 0.25) is 5.02 Å². The second-order valence-electron chi connectivity index (χ2n) is 5.03. The Morgan fingerprint density at radius 1 is 1.50 bits per heavy atom. The number of carbonyl (C=O) groups is 1. The van der Waals surface area contributed by atoms with E-state index in [1.54, 1.807) is 24.3 Å². The summed E-state index contributed by atoms with van der Waals surface area (Å²) in [5, 5.41) is 11.0. The number of rotatable bonds is 4. The molecule has 22 heavy (non-hydrogen) atoms. The van der Waals surface area contributed by atoms with E-state index in [1.165, 1.54) is 4.68 Å². The summed E-state index contributed by atoms with van der Waals surface area (Å²) in [5.41, 5.74) is 6.63. The van der Waals surface area contributed by atoms with E-state index in [0.717, 1.165) is 19.4 Å². The summed E-state index contributed by atoms with van der Waals surface area (Å²) in [5.74, 6) is -0.218. The van der Waals surface area contributed by atoms with Gasteiger partial charge in [0.15, 0.2) is 11.5 Å². The van der Waals surface area contributed by atoms with Crippen molar-refractivity contribution in [3.8, 4) is 5.69 Å². The zero-order chi connectivity index (χ0) is 15.5. The summed E-state index contributed by atoms with van der Waals surface area (Å²) in [6, 6.07) is 7.07. The predicted octanol–water partition coefficient (Wildman–Crippen LogP) is 1.41. The van der Waals surface area contributed by atoms with Crippen LogP contribution in [0.25, 0.3) is 5.69 Å². The largest absolute Gasteiger partial charge is 0.382 e. The number of hydrogen-bond donors (Lipinski definition) is 2. The number of benzene rings is 1. The van der Waals surface area contributed by atoms with Crippen molar-refractivity contribution in [3.05, 3.63) is 35.0 Å². The molecular weight excluding hydrogens is 306 g/mol. The first kappa shape index (κ1) is 14.8. The average Bonchev–Trinajstić information content (AvgIpc) is 3.15. The minimum atomic E-state index is -0.369. The zero-order valence-corrected chi connectivity index (χ0v) is 12.6. The maximum absolute atomic E-state index is 12.2. The highest BCUT2D eigenvalue weighted by molar-refractivity contribution is 6.32. The van der Waals surface area contributed by atoms with E-state index >= 15 is 0 Å². The topological polar surface area (TPSA) is 95.1 Å². The van der Waals surface area contributed by atoms with Gasteiger partial charge in [-0.3, -0.25) is 4.79 Å². The number of nitrogens with two attached hydrogens (primary N) is 1. The quantitative estimate of drug-likeness (QED) is 0.887. The number of halogens is 1. The van der Waals surface area contributed by atoms with Gasteiger partial charge in [0.1, 0.15) is 0 Å². The molecule has 1 fully saturated rings. The highest BCUT2D eigenvalue weighted by Crippen LogP contribution is 2.22. The second-order valence-corrected chi connectivity index (χ2v) is 5.44. The van der Waals surface area contributed by atoms with Crippen molar-refractivity contribution in [2.24, 2.45) is 0 Å². The Bertz CT molecular complexity index is 682. The number of amides is 1. The molecule has 0 saturated carbocycles. The molecular formula is C14H16ClN5O2. The van der Waals surface area contributed by atoms with Crippen LogP contribution in [-0.4, -0.2) is 40.2 Å². The number of ether oxygens (including phenoxy) is 1. The number of anilines is 1. The molecule has 1 aromatic heterocycles. The molecule has 0 aliphatic carbocycles. The fourth-order valence-electron chi connectivity index (χ4n) is 2.35. The molecule has 2 heterocycles. The summed E-state index contributed by atoms with van der Waals surface area (Å²) in [6.07, 6.45) is 2.02. The van der Waals surface area contributed by atoms with E-state index in [-0.39, 0.29) is 23.5 Å². The summed E-state index contributed by atoms with van der Waals surface area (Å²) in [6.45, 7) is 1.18. The van der Waals surface area contributed by atoms with Crippen molar-refractivity contribution in [1.29, 1.82) is 0 Å². The van der Waals surface area contributed by atoms with Crippen molar-refractivity contribution < 1.29 is 9.53 Å². The van der Waals surface area contributed by atoms with Crippen LogP contribution in [0.4, 0.5) is 5.82 Å². The first-order chi connectivity index (χ1) is 10.7. The Balaban J connectivity index is 1.75. The fourth-order valence-corrected chi connectivity index (χ4v) is 2.56. The van der Waals surface area contributed by atoms with Gasteiger partial charge >= 0.3 is 0 Å². The lowest BCUT2D eigenvalue weighted by atomic mass is 10.2. The molecule has 1 aliphatic rings. The van der Waals surface area contributed by atoms with Gasteiger partial charge in [0.25, 0.3) is 5.91 Å². The lowest BCUT2D eigenvalue weighted by molar-refractivity contribution is 0.0854. The van der Waals surface area contributed by atoms with E-state index in [2.05, 4.69) is 15.6 Å². The third-order valence-corrected chi connectivity index (χ3v) is 3.83.